The molecular formula is C42H25NO2S. The Morgan fingerprint density at radius 3 is 2.28 bits per heavy atom. The van der Waals surface area contributed by atoms with Crippen LogP contribution in [0.5, 0.6) is 0 Å². The number of hydrogen-bond donors (Lipinski definition) is 0. The minimum atomic E-state index is -0.461. The molecule has 0 bridgehead atoms. The van der Waals surface area contributed by atoms with Crippen LogP contribution >= 0.6 is 11.3 Å². The lowest BCUT2D eigenvalue weighted by Crippen LogP contribution is -2.10. The first-order chi connectivity index (χ1) is 25.7. The lowest BCUT2D eigenvalue weighted by Gasteiger charge is -2.26. The summed E-state index contributed by atoms with van der Waals surface area (Å²) >= 11 is 1.68. The van der Waals surface area contributed by atoms with Crippen molar-refractivity contribution >= 4 is 92.4 Å². The van der Waals surface area contributed by atoms with E-state index in [9.17, 15) is 1.37 Å². The summed E-state index contributed by atoms with van der Waals surface area (Å²) < 4.78 is 75.5. The van der Waals surface area contributed by atoms with Gasteiger partial charge in [0.05, 0.1) is 20.7 Å². The lowest BCUT2D eigenvalue weighted by molar-refractivity contribution is 0.668. The Morgan fingerprint density at radius 1 is 0.500 bits per heavy atom. The van der Waals surface area contributed by atoms with Crippen molar-refractivity contribution in [2.75, 3.05) is 4.90 Å². The molecule has 216 valence electrons. The third-order valence-corrected chi connectivity index (χ3v) is 9.73. The van der Waals surface area contributed by atoms with Gasteiger partial charge in [0.25, 0.3) is 0 Å². The fraction of sp³-hybridized carbons (Fsp3) is 0. The van der Waals surface area contributed by atoms with E-state index >= 15 is 0 Å². The van der Waals surface area contributed by atoms with Gasteiger partial charge in [-0.2, -0.15) is 0 Å². The average Bonchev–Trinajstić information content (AvgIpc) is 3.89. The Kier molecular flexibility index (Phi) is 4.17. The average molecular weight is 615 g/mol. The quantitative estimate of drug-likeness (QED) is 0.197. The summed E-state index contributed by atoms with van der Waals surface area (Å²) in [5.41, 5.74) is 5.06. The molecule has 0 unspecified atom stereocenters. The Morgan fingerprint density at radius 2 is 1.33 bits per heavy atom. The molecule has 0 amide bonds. The number of furan rings is 2. The molecule has 0 spiro atoms. The van der Waals surface area contributed by atoms with Crippen molar-refractivity contribution in [3.05, 3.63) is 151 Å². The fourth-order valence-electron chi connectivity index (χ4n) is 6.58. The first kappa shape index (κ1) is 19.5. The summed E-state index contributed by atoms with van der Waals surface area (Å²) in [5, 5.41) is 4.38. The zero-order chi connectivity index (χ0) is 36.3. The van der Waals surface area contributed by atoms with Crippen molar-refractivity contribution in [3.63, 3.8) is 0 Å². The second kappa shape index (κ2) is 9.83. The highest BCUT2D eigenvalue weighted by Gasteiger charge is 2.21. The minimum Gasteiger partial charge on any atom is -0.456 e. The highest BCUT2D eigenvalue weighted by atomic mass is 32.1. The number of thiophene rings is 1. The summed E-state index contributed by atoms with van der Waals surface area (Å²) in [4.78, 5) is 1.83. The van der Waals surface area contributed by atoms with E-state index in [-0.39, 0.29) is 57.8 Å². The number of benzene rings is 7. The molecule has 4 heteroatoms. The van der Waals surface area contributed by atoms with Gasteiger partial charge >= 0.3 is 0 Å². The van der Waals surface area contributed by atoms with Crippen LogP contribution in [0.15, 0.2) is 160 Å². The van der Waals surface area contributed by atoms with Gasteiger partial charge in [0.2, 0.25) is 0 Å². The largest absolute Gasteiger partial charge is 0.456 e. The van der Waals surface area contributed by atoms with Crippen LogP contribution in [0, 0.1) is 0 Å². The van der Waals surface area contributed by atoms with Gasteiger partial charge in [0, 0.05) is 47.7 Å². The molecule has 0 radical (unpaired) electrons. The Hall–Kier alpha value is -5.84. The van der Waals surface area contributed by atoms with E-state index in [0.29, 0.717) is 11.4 Å². The molecule has 7 aromatic carbocycles. The molecule has 0 aliphatic heterocycles. The third kappa shape index (κ3) is 3.77. The molecule has 0 aliphatic rings. The Bertz CT molecular complexity index is 3170. The van der Waals surface area contributed by atoms with Gasteiger partial charge in [-0.1, -0.05) is 78.8 Å². The lowest BCUT2D eigenvalue weighted by atomic mass is 9.97. The molecule has 3 aromatic heterocycles. The van der Waals surface area contributed by atoms with Crippen LogP contribution in [0.25, 0.3) is 75.2 Å². The van der Waals surface area contributed by atoms with Crippen LogP contribution < -0.4 is 4.90 Å². The summed E-state index contributed by atoms with van der Waals surface area (Å²) in [6.45, 7) is 0. The predicted octanol–water partition coefficient (Wildman–Crippen LogP) is 13.0. The first-order valence-electron chi connectivity index (χ1n) is 18.4. The maximum Gasteiger partial charge on any atom is 0.137 e. The monoisotopic (exact) mass is 614 g/mol. The molecule has 0 fully saturated rings. The van der Waals surface area contributed by atoms with Crippen LogP contribution in [-0.4, -0.2) is 0 Å². The van der Waals surface area contributed by atoms with Crippen molar-refractivity contribution in [2.45, 2.75) is 0 Å². The van der Waals surface area contributed by atoms with Gasteiger partial charge in [-0.05, 0) is 83.9 Å². The molecule has 10 rings (SSSR count). The van der Waals surface area contributed by atoms with Gasteiger partial charge < -0.3 is 13.7 Å². The van der Waals surface area contributed by atoms with E-state index < -0.39 is 12.1 Å². The smallest absolute Gasteiger partial charge is 0.137 e. The van der Waals surface area contributed by atoms with E-state index in [1.165, 1.54) is 0 Å². The van der Waals surface area contributed by atoms with Crippen LogP contribution in [0.4, 0.5) is 17.1 Å². The third-order valence-electron chi connectivity index (χ3n) is 8.59. The second-order valence-electron chi connectivity index (χ2n) is 11.2. The molecule has 10 aromatic rings. The Balaban J connectivity index is 1.27. The maximum absolute atomic E-state index is 9.31. The van der Waals surface area contributed by atoms with E-state index in [1.54, 1.807) is 11.3 Å². The highest BCUT2D eigenvalue weighted by molar-refractivity contribution is 7.26. The number of rotatable bonds is 4. The molecule has 3 heterocycles. The normalized spacial score (nSPS) is 14.0. The highest BCUT2D eigenvalue weighted by Crippen LogP contribution is 2.46. The van der Waals surface area contributed by atoms with Gasteiger partial charge in [-0.25, -0.2) is 0 Å². The topological polar surface area (TPSA) is 29.5 Å². The Labute approximate surface area is 278 Å². The van der Waals surface area contributed by atoms with Gasteiger partial charge in [0.15, 0.2) is 0 Å². The van der Waals surface area contributed by atoms with E-state index in [0.717, 1.165) is 53.2 Å². The van der Waals surface area contributed by atoms with Crippen LogP contribution in [0.3, 0.4) is 0 Å². The minimum absolute atomic E-state index is 0.0652. The SMILES string of the molecule is [2H]c1c([2H])c([2H])c2c(oc3c([2H])c([2H])c([2H])c(N(c4ccccc4)c4ccc5sc6cccc(-c7ccc8oc9ccccc9c8c7)c6c5c4)c32)c1[2H]. The number of fused-ring (bicyclic) bond motifs is 9. The van der Waals surface area contributed by atoms with E-state index in [1.807, 2.05) is 71.6 Å². The summed E-state index contributed by atoms with van der Waals surface area (Å²) in [6, 6.07) is 33.4. The molecule has 0 saturated heterocycles. The van der Waals surface area contributed by atoms with Crippen molar-refractivity contribution in [1.29, 1.82) is 0 Å². The van der Waals surface area contributed by atoms with E-state index in [2.05, 4.69) is 42.5 Å². The van der Waals surface area contributed by atoms with Crippen LogP contribution in [-0.2, 0) is 0 Å². The second-order valence-corrected chi connectivity index (χ2v) is 12.3. The van der Waals surface area contributed by atoms with Gasteiger partial charge in [-0.15, -0.1) is 11.3 Å². The number of hydrogen-bond acceptors (Lipinski definition) is 4. The zero-order valence-electron chi connectivity index (χ0n) is 31.1. The van der Waals surface area contributed by atoms with Crippen molar-refractivity contribution < 1.29 is 18.4 Å². The first-order valence-corrected chi connectivity index (χ1v) is 15.7. The molecule has 0 aliphatic carbocycles. The van der Waals surface area contributed by atoms with Crippen molar-refractivity contribution in [1.82, 2.24) is 0 Å². The standard InChI is InChI=1S/C42H25NO2S/c1-2-10-27(11-3-1)43(34-15-9-18-38-42(34)31-13-5-7-17-36(31)45-38)28-21-23-39-33(25-28)41-29(14-8-19-40(41)46-39)26-20-22-37-32(24-26)30-12-4-6-16-35(30)44-37/h1-25H/i5D,7D,9D,13D,15D,17D,18D. The van der Waals surface area contributed by atoms with Crippen molar-refractivity contribution in [3.8, 4) is 11.1 Å². The molecular weight excluding hydrogens is 583 g/mol. The predicted molar refractivity (Wildman–Crippen MR) is 194 cm³/mol. The zero-order valence-corrected chi connectivity index (χ0v) is 24.9. The number of anilines is 3. The molecule has 0 saturated carbocycles. The molecule has 0 atom stereocenters. The summed E-state index contributed by atoms with van der Waals surface area (Å²) in [6.07, 6.45) is 0. The van der Waals surface area contributed by atoms with Gasteiger partial charge in [0.1, 0.15) is 22.3 Å². The number of para-hydroxylation sites is 3. The summed E-state index contributed by atoms with van der Waals surface area (Å²) in [7, 11) is 0. The summed E-state index contributed by atoms with van der Waals surface area (Å²) in [5.74, 6) is 0. The number of nitrogens with zero attached hydrogens (tertiary/aromatic N) is 1. The molecule has 3 nitrogen and oxygen atoms in total. The van der Waals surface area contributed by atoms with Crippen LogP contribution in [0.1, 0.15) is 9.60 Å². The maximum atomic E-state index is 9.31. The fourth-order valence-corrected chi connectivity index (χ4v) is 7.70. The van der Waals surface area contributed by atoms with E-state index in [4.69, 9.17) is 17.1 Å². The molecule has 46 heavy (non-hydrogen) atoms. The van der Waals surface area contributed by atoms with Gasteiger partial charge in [-0.3, -0.25) is 0 Å². The molecule has 0 N–H and O–H groups in total. The van der Waals surface area contributed by atoms with Crippen molar-refractivity contribution in [2.24, 2.45) is 0 Å². The van der Waals surface area contributed by atoms with Crippen LogP contribution in [0.2, 0.25) is 0 Å².